The second kappa shape index (κ2) is 7.11. The fourth-order valence-electron chi connectivity index (χ4n) is 2.98. The normalized spacial score (nSPS) is 20.5. The minimum absolute atomic E-state index is 0.0197. The van der Waals surface area contributed by atoms with E-state index >= 15 is 0 Å². The third kappa shape index (κ3) is 4.17. The first-order chi connectivity index (χ1) is 11.9. The standard InChI is InChI=1S/C20H18Cl2O3/c1-20(2)16(12-17(21)22)18(20)19(23)25-15-10-6-9-14(11-15)24-13-7-4-3-5-8-13/h3-12,16,18H,1-2H3. The first-order valence-corrected chi connectivity index (χ1v) is 8.71. The molecule has 0 amide bonds. The Hall–Kier alpha value is -1.97. The second-order valence-electron chi connectivity index (χ2n) is 6.59. The van der Waals surface area contributed by atoms with Crippen LogP contribution in [0.25, 0.3) is 0 Å². The maximum Gasteiger partial charge on any atom is 0.315 e. The van der Waals surface area contributed by atoms with Gasteiger partial charge in [-0.25, -0.2) is 0 Å². The van der Waals surface area contributed by atoms with Gasteiger partial charge in [-0.3, -0.25) is 4.79 Å². The molecule has 1 aliphatic carbocycles. The Kier molecular flexibility index (Phi) is 5.07. The molecule has 2 aromatic carbocycles. The van der Waals surface area contributed by atoms with Crippen LogP contribution in [0.3, 0.4) is 0 Å². The van der Waals surface area contributed by atoms with Crippen molar-refractivity contribution in [1.29, 1.82) is 0 Å². The molecule has 0 aromatic heterocycles. The molecule has 5 heteroatoms. The number of carbonyl (C=O) groups excluding carboxylic acids is 1. The van der Waals surface area contributed by atoms with Crippen molar-refractivity contribution < 1.29 is 14.3 Å². The lowest BCUT2D eigenvalue weighted by molar-refractivity contribution is -0.136. The first kappa shape index (κ1) is 17.8. The van der Waals surface area contributed by atoms with Crippen molar-refractivity contribution in [3.8, 4) is 17.2 Å². The van der Waals surface area contributed by atoms with Crippen LogP contribution in [0.1, 0.15) is 13.8 Å². The van der Waals surface area contributed by atoms with Crippen molar-refractivity contribution in [2.45, 2.75) is 13.8 Å². The minimum Gasteiger partial charge on any atom is -0.457 e. The van der Waals surface area contributed by atoms with Crippen molar-refractivity contribution in [2.75, 3.05) is 0 Å². The monoisotopic (exact) mass is 376 g/mol. The average Bonchev–Trinajstić information content (AvgIpc) is 3.08. The van der Waals surface area contributed by atoms with Gasteiger partial charge >= 0.3 is 5.97 Å². The number of allylic oxidation sites excluding steroid dienone is 1. The molecule has 3 rings (SSSR count). The number of rotatable bonds is 5. The maximum absolute atomic E-state index is 12.5. The van der Waals surface area contributed by atoms with Gasteiger partial charge in [-0.15, -0.1) is 0 Å². The van der Waals surface area contributed by atoms with Gasteiger partial charge in [-0.2, -0.15) is 0 Å². The second-order valence-corrected chi connectivity index (χ2v) is 7.60. The summed E-state index contributed by atoms with van der Waals surface area (Å²) in [5.74, 6) is 1.19. The van der Waals surface area contributed by atoms with Crippen molar-refractivity contribution in [3.05, 3.63) is 65.2 Å². The molecular formula is C20H18Cl2O3. The quantitative estimate of drug-likeness (QED) is 0.475. The molecule has 0 radical (unpaired) electrons. The van der Waals surface area contributed by atoms with Crippen LogP contribution in [0, 0.1) is 17.3 Å². The van der Waals surface area contributed by atoms with Gasteiger partial charge in [0.2, 0.25) is 0 Å². The van der Waals surface area contributed by atoms with Crippen LogP contribution in [-0.4, -0.2) is 5.97 Å². The Bertz CT molecular complexity index is 796. The zero-order valence-corrected chi connectivity index (χ0v) is 15.4. The van der Waals surface area contributed by atoms with E-state index in [1.165, 1.54) is 0 Å². The molecule has 0 N–H and O–H groups in total. The smallest absolute Gasteiger partial charge is 0.315 e. The van der Waals surface area contributed by atoms with Crippen molar-refractivity contribution in [1.82, 2.24) is 0 Å². The Morgan fingerprint density at radius 3 is 2.32 bits per heavy atom. The van der Waals surface area contributed by atoms with Crippen LogP contribution in [-0.2, 0) is 4.79 Å². The topological polar surface area (TPSA) is 35.5 Å². The van der Waals surface area contributed by atoms with Crippen molar-refractivity contribution in [2.24, 2.45) is 17.3 Å². The lowest BCUT2D eigenvalue weighted by Gasteiger charge is -2.08. The number of esters is 1. The zero-order valence-electron chi connectivity index (χ0n) is 13.9. The van der Waals surface area contributed by atoms with E-state index < -0.39 is 0 Å². The molecule has 1 aliphatic rings. The number of halogens is 2. The molecule has 0 bridgehead atoms. The van der Waals surface area contributed by atoms with E-state index in [-0.39, 0.29) is 27.7 Å². The van der Waals surface area contributed by atoms with Gasteiger partial charge in [0.25, 0.3) is 0 Å². The largest absolute Gasteiger partial charge is 0.457 e. The van der Waals surface area contributed by atoms with Gasteiger partial charge in [0, 0.05) is 6.07 Å². The fourth-order valence-corrected chi connectivity index (χ4v) is 3.25. The minimum atomic E-state index is -0.294. The van der Waals surface area contributed by atoms with E-state index in [2.05, 4.69) is 0 Å². The van der Waals surface area contributed by atoms with Gasteiger partial charge in [0.15, 0.2) is 0 Å². The molecule has 0 saturated heterocycles. The van der Waals surface area contributed by atoms with Gasteiger partial charge in [0.05, 0.1) is 5.92 Å². The molecule has 1 saturated carbocycles. The Morgan fingerprint density at radius 1 is 1.00 bits per heavy atom. The van der Waals surface area contributed by atoms with E-state index in [4.69, 9.17) is 32.7 Å². The lowest BCUT2D eigenvalue weighted by atomic mass is 10.1. The highest BCUT2D eigenvalue weighted by atomic mass is 35.5. The Labute approximate surface area is 157 Å². The van der Waals surface area contributed by atoms with Gasteiger partial charge in [0.1, 0.15) is 21.7 Å². The van der Waals surface area contributed by atoms with Crippen molar-refractivity contribution >= 4 is 29.2 Å². The zero-order chi connectivity index (χ0) is 18.0. The molecule has 1 fully saturated rings. The summed E-state index contributed by atoms with van der Waals surface area (Å²) < 4.78 is 11.5. The van der Waals surface area contributed by atoms with Crippen LogP contribution in [0.4, 0.5) is 0 Å². The van der Waals surface area contributed by atoms with Crippen molar-refractivity contribution in [3.63, 3.8) is 0 Å². The highest BCUT2D eigenvalue weighted by molar-refractivity contribution is 6.55. The predicted molar refractivity (Wildman–Crippen MR) is 99.1 cm³/mol. The SMILES string of the molecule is CC1(C)C(C=C(Cl)Cl)C1C(=O)Oc1cccc(Oc2ccccc2)c1. The number of hydrogen-bond acceptors (Lipinski definition) is 3. The summed E-state index contributed by atoms with van der Waals surface area (Å²) in [6, 6.07) is 16.4. The molecule has 25 heavy (non-hydrogen) atoms. The van der Waals surface area contributed by atoms with Gasteiger partial charge < -0.3 is 9.47 Å². The average molecular weight is 377 g/mol. The first-order valence-electron chi connectivity index (χ1n) is 7.95. The molecule has 2 unspecified atom stereocenters. The molecular weight excluding hydrogens is 359 g/mol. The fraction of sp³-hybridized carbons (Fsp3) is 0.250. The summed E-state index contributed by atoms with van der Waals surface area (Å²) >= 11 is 11.5. The molecule has 3 nitrogen and oxygen atoms in total. The van der Waals surface area contributed by atoms with Gasteiger partial charge in [-0.1, -0.05) is 61.3 Å². The summed E-state index contributed by atoms with van der Waals surface area (Å²) in [5.41, 5.74) is -0.218. The van der Waals surface area contributed by atoms with E-state index in [1.54, 1.807) is 24.3 Å². The number of benzene rings is 2. The van der Waals surface area contributed by atoms with Crippen LogP contribution in [0.5, 0.6) is 17.2 Å². The summed E-state index contributed by atoms with van der Waals surface area (Å²) in [6.07, 6.45) is 1.70. The van der Waals surface area contributed by atoms with Crippen LogP contribution < -0.4 is 9.47 Å². The third-order valence-corrected chi connectivity index (χ3v) is 4.72. The van der Waals surface area contributed by atoms with E-state index in [1.807, 2.05) is 50.2 Å². The predicted octanol–water partition coefficient (Wildman–Crippen LogP) is 5.98. The van der Waals surface area contributed by atoms with Crippen LogP contribution in [0.15, 0.2) is 65.2 Å². The molecule has 0 spiro atoms. The summed E-state index contributed by atoms with van der Waals surface area (Å²) in [4.78, 5) is 12.5. The molecule has 0 aliphatic heterocycles. The van der Waals surface area contributed by atoms with E-state index in [9.17, 15) is 4.79 Å². The summed E-state index contributed by atoms with van der Waals surface area (Å²) in [6.45, 7) is 3.98. The van der Waals surface area contributed by atoms with Crippen LogP contribution >= 0.6 is 23.2 Å². The number of ether oxygens (including phenoxy) is 2. The Morgan fingerprint density at radius 2 is 1.64 bits per heavy atom. The molecule has 2 atom stereocenters. The maximum atomic E-state index is 12.5. The molecule has 0 heterocycles. The highest BCUT2D eigenvalue weighted by Gasteiger charge is 2.61. The lowest BCUT2D eigenvalue weighted by Crippen LogP contribution is -2.13. The van der Waals surface area contributed by atoms with Gasteiger partial charge in [-0.05, 0) is 41.7 Å². The molecule has 130 valence electrons. The number of carbonyl (C=O) groups is 1. The highest BCUT2D eigenvalue weighted by Crippen LogP contribution is 2.60. The molecule has 2 aromatic rings. The van der Waals surface area contributed by atoms with Crippen LogP contribution in [0.2, 0.25) is 0 Å². The summed E-state index contributed by atoms with van der Waals surface area (Å²) in [7, 11) is 0. The number of para-hydroxylation sites is 1. The summed E-state index contributed by atoms with van der Waals surface area (Å²) in [5, 5.41) is 0. The Balaban J connectivity index is 1.68. The van der Waals surface area contributed by atoms with E-state index in [0.29, 0.717) is 11.5 Å². The third-order valence-electron chi connectivity index (χ3n) is 4.47. The number of hydrogen-bond donors (Lipinski definition) is 0. The van der Waals surface area contributed by atoms with E-state index in [0.717, 1.165) is 5.75 Å².